The van der Waals surface area contributed by atoms with E-state index < -0.39 is 10.0 Å². The lowest BCUT2D eigenvalue weighted by atomic mass is 10.1. The summed E-state index contributed by atoms with van der Waals surface area (Å²) in [6.07, 6.45) is 1.72. The van der Waals surface area contributed by atoms with Crippen molar-refractivity contribution in [2.24, 2.45) is 0 Å². The van der Waals surface area contributed by atoms with Crippen molar-refractivity contribution in [2.75, 3.05) is 12.4 Å². The lowest BCUT2D eigenvalue weighted by Gasteiger charge is -2.10. The van der Waals surface area contributed by atoms with E-state index in [1.54, 1.807) is 41.2 Å². The number of aryl methyl sites for hydroxylation is 1. The standard InChI is InChI=1S/C20H23N5O3S/c1-15-10-11-23-25(15)19-5-3-4-18(12-19)24-20(26)22-13-16-6-8-17(9-7-16)14-29(27,28)21-2/h3-12,21H,13-14H2,1-2H3,(H2,22,24,26). The molecule has 0 bridgehead atoms. The first kappa shape index (κ1) is 20.6. The number of nitrogens with one attached hydrogen (secondary N) is 3. The van der Waals surface area contributed by atoms with Crippen LogP contribution >= 0.6 is 0 Å². The Kier molecular flexibility index (Phi) is 6.30. The number of carbonyl (C=O) groups is 1. The number of sulfonamides is 1. The summed E-state index contributed by atoms with van der Waals surface area (Å²) in [5.74, 6) is -0.0796. The van der Waals surface area contributed by atoms with E-state index in [-0.39, 0.29) is 11.8 Å². The number of nitrogens with zero attached hydrogens (tertiary/aromatic N) is 2. The van der Waals surface area contributed by atoms with Gasteiger partial charge in [0.25, 0.3) is 0 Å². The molecule has 0 unspecified atom stereocenters. The third-order valence-corrected chi connectivity index (χ3v) is 5.66. The molecule has 0 aliphatic heterocycles. The molecule has 0 spiro atoms. The first-order valence-electron chi connectivity index (χ1n) is 9.01. The molecule has 3 rings (SSSR count). The summed E-state index contributed by atoms with van der Waals surface area (Å²) in [6, 6.07) is 16.1. The Morgan fingerprint density at radius 3 is 2.45 bits per heavy atom. The number of aromatic nitrogens is 2. The van der Waals surface area contributed by atoms with E-state index in [9.17, 15) is 13.2 Å². The molecule has 0 saturated carbocycles. The van der Waals surface area contributed by atoms with Gasteiger partial charge in [-0.3, -0.25) is 0 Å². The van der Waals surface area contributed by atoms with Crippen LogP contribution in [0.25, 0.3) is 5.69 Å². The molecule has 1 heterocycles. The summed E-state index contributed by atoms with van der Waals surface area (Å²) in [5.41, 5.74) is 4.06. The first-order valence-corrected chi connectivity index (χ1v) is 10.7. The summed E-state index contributed by atoms with van der Waals surface area (Å²) >= 11 is 0. The smallest absolute Gasteiger partial charge is 0.319 e. The van der Waals surface area contributed by atoms with Crippen molar-refractivity contribution < 1.29 is 13.2 Å². The Bertz CT molecular complexity index is 1090. The van der Waals surface area contributed by atoms with Crippen molar-refractivity contribution in [2.45, 2.75) is 19.2 Å². The number of rotatable bonds is 7. The molecule has 1 aromatic heterocycles. The van der Waals surface area contributed by atoms with Crippen LogP contribution in [0.5, 0.6) is 0 Å². The topological polar surface area (TPSA) is 105 Å². The highest BCUT2D eigenvalue weighted by Gasteiger charge is 2.09. The molecule has 9 heteroatoms. The van der Waals surface area contributed by atoms with Crippen LogP contribution in [0.4, 0.5) is 10.5 Å². The van der Waals surface area contributed by atoms with Crippen LogP contribution in [0.15, 0.2) is 60.8 Å². The van der Waals surface area contributed by atoms with Gasteiger partial charge in [-0.15, -0.1) is 0 Å². The van der Waals surface area contributed by atoms with Crippen LogP contribution < -0.4 is 15.4 Å². The van der Waals surface area contributed by atoms with E-state index in [2.05, 4.69) is 20.5 Å². The van der Waals surface area contributed by atoms with E-state index in [1.807, 2.05) is 31.2 Å². The molecule has 0 atom stereocenters. The highest BCUT2D eigenvalue weighted by atomic mass is 32.2. The molecule has 3 N–H and O–H groups in total. The fourth-order valence-electron chi connectivity index (χ4n) is 2.76. The quantitative estimate of drug-likeness (QED) is 0.553. The minimum atomic E-state index is -3.30. The van der Waals surface area contributed by atoms with Crippen LogP contribution in [0.2, 0.25) is 0 Å². The first-order chi connectivity index (χ1) is 13.9. The third kappa shape index (κ3) is 5.66. The summed E-state index contributed by atoms with van der Waals surface area (Å²) in [6.45, 7) is 2.28. The zero-order chi connectivity index (χ0) is 20.9. The normalized spacial score (nSPS) is 11.2. The van der Waals surface area contributed by atoms with E-state index in [1.165, 1.54) is 7.05 Å². The third-order valence-electron chi connectivity index (χ3n) is 4.32. The van der Waals surface area contributed by atoms with E-state index in [4.69, 9.17) is 0 Å². The van der Waals surface area contributed by atoms with Crippen molar-refractivity contribution in [3.63, 3.8) is 0 Å². The molecule has 152 valence electrons. The maximum Gasteiger partial charge on any atom is 0.319 e. The molecule has 0 aliphatic carbocycles. The highest BCUT2D eigenvalue weighted by Crippen LogP contribution is 2.15. The van der Waals surface area contributed by atoms with Crippen LogP contribution in [0.3, 0.4) is 0 Å². The molecular formula is C20H23N5O3S. The number of hydrogen-bond donors (Lipinski definition) is 3. The fraction of sp³-hybridized carbons (Fsp3) is 0.200. The van der Waals surface area contributed by atoms with Gasteiger partial charge in [-0.05, 0) is 49.4 Å². The Morgan fingerprint density at radius 2 is 1.79 bits per heavy atom. The Labute approximate surface area is 170 Å². The van der Waals surface area contributed by atoms with Crippen LogP contribution in [0, 0.1) is 6.92 Å². The molecule has 0 fully saturated rings. The number of anilines is 1. The van der Waals surface area contributed by atoms with Gasteiger partial charge in [0.2, 0.25) is 10.0 Å². The Morgan fingerprint density at radius 1 is 1.07 bits per heavy atom. The zero-order valence-corrected chi connectivity index (χ0v) is 17.0. The molecule has 2 amide bonds. The minimum Gasteiger partial charge on any atom is -0.334 e. The molecule has 29 heavy (non-hydrogen) atoms. The lowest BCUT2D eigenvalue weighted by molar-refractivity contribution is 0.251. The van der Waals surface area contributed by atoms with Gasteiger partial charge in [0, 0.05) is 24.1 Å². The molecule has 2 aromatic carbocycles. The number of carbonyl (C=O) groups excluding carboxylic acids is 1. The van der Waals surface area contributed by atoms with Gasteiger partial charge in [0.05, 0.1) is 11.4 Å². The molecular weight excluding hydrogens is 390 g/mol. The Hall–Kier alpha value is -3.17. The lowest BCUT2D eigenvalue weighted by Crippen LogP contribution is -2.28. The van der Waals surface area contributed by atoms with E-state index in [0.717, 1.165) is 16.9 Å². The summed E-state index contributed by atoms with van der Waals surface area (Å²) in [4.78, 5) is 12.2. The Balaban J connectivity index is 1.56. The molecule has 0 saturated heterocycles. The van der Waals surface area contributed by atoms with Crippen molar-refractivity contribution in [1.82, 2.24) is 19.8 Å². The van der Waals surface area contributed by atoms with E-state index >= 15 is 0 Å². The second-order valence-corrected chi connectivity index (χ2v) is 8.45. The summed E-state index contributed by atoms with van der Waals surface area (Å²) in [7, 11) is -1.92. The maximum absolute atomic E-state index is 12.2. The van der Waals surface area contributed by atoms with Gasteiger partial charge in [-0.1, -0.05) is 30.3 Å². The van der Waals surface area contributed by atoms with E-state index in [0.29, 0.717) is 17.8 Å². The second-order valence-electron chi connectivity index (χ2n) is 6.52. The maximum atomic E-state index is 12.2. The van der Waals surface area contributed by atoms with Crippen molar-refractivity contribution in [3.8, 4) is 5.69 Å². The average Bonchev–Trinajstić information content (AvgIpc) is 3.13. The number of amides is 2. The van der Waals surface area contributed by atoms with Crippen molar-refractivity contribution >= 4 is 21.7 Å². The highest BCUT2D eigenvalue weighted by molar-refractivity contribution is 7.88. The molecule has 0 radical (unpaired) electrons. The van der Waals surface area contributed by atoms with Crippen molar-refractivity contribution in [1.29, 1.82) is 0 Å². The largest absolute Gasteiger partial charge is 0.334 e. The van der Waals surface area contributed by atoms with Gasteiger partial charge in [-0.25, -0.2) is 22.6 Å². The summed E-state index contributed by atoms with van der Waals surface area (Å²) < 4.78 is 27.2. The predicted octanol–water partition coefficient (Wildman–Crippen LogP) is 2.55. The SMILES string of the molecule is CNS(=O)(=O)Cc1ccc(CNC(=O)Nc2cccc(-n3nccc3C)c2)cc1. The summed E-state index contributed by atoms with van der Waals surface area (Å²) in [5, 5.41) is 9.86. The number of hydrogen-bond acceptors (Lipinski definition) is 4. The fourth-order valence-corrected chi connectivity index (χ4v) is 3.53. The number of urea groups is 1. The average molecular weight is 414 g/mol. The minimum absolute atomic E-state index is 0.0796. The van der Waals surface area contributed by atoms with Gasteiger partial charge in [-0.2, -0.15) is 5.10 Å². The number of benzene rings is 2. The second kappa shape index (κ2) is 8.89. The van der Waals surface area contributed by atoms with Crippen LogP contribution in [-0.4, -0.2) is 31.3 Å². The van der Waals surface area contributed by atoms with Gasteiger partial charge >= 0.3 is 6.03 Å². The van der Waals surface area contributed by atoms with Crippen LogP contribution in [0.1, 0.15) is 16.8 Å². The monoisotopic (exact) mass is 413 g/mol. The molecule has 3 aromatic rings. The molecule has 8 nitrogen and oxygen atoms in total. The predicted molar refractivity (Wildman–Crippen MR) is 112 cm³/mol. The van der Waals surface area contributed by atoms with Crippen molar-refractivity contribution in [3.05, 3.63) is 77.6 Å². The van der Waals surface area contributed by atoms with Gasteiger partial charge in [0.15, 0.2) is 0 Å². The van der Waals surface area contributed by atoms with Gasteiger partial charge in [0.1, 0.15) is 0 Å². The molecule has 0 aliphatic rings. The zero-order valence-electron chi connectivity index (χ0n) is 16.2. The van der Waals surface area contributed by atoms with Crippen LogP contribution in [-0.2, 0) is 22.3 Å². The van der Waals surface area contributed by atoms with Gasteiger partial charge < -0.3 is 10.6 Å².